The van der Waals surface area contributed by atoms with Crippen LogP contribution in [0.1, 0.15) is 33.1 Å². The van der Waals surface area contributed by atoms with Crippen LogP contribution in [-0.4, -0.2) is 45.2 Å². The fourth-order valence-corrected chi connectivity index (χ4v) is 3.87. The number of nitrogens with zero attached hydrogens (tertiary/aromatic N) is 4. The standard InChI is InChI=1S/C23H23F4N5O/c24-19-6-4-17(5-7-19)22(33)28-10-8-20-29-30-21-9-11-31(12-13-32(20)21)15-16-2-1-3-18(14-16)23(25,26)27/h1-7,14H,8-13,15H2,(H,28,33). The summed E-state index contributed by atoms with van der Waals surface area (Å²) in [6.07, 6.45) is -3.24. The molecule has 1 aliphatic heterocycles. The van der Waals surface area contributed by atoms with Crippen LogP contribution >= 0.6 is 0 Å². The van der Waals surface area contributed by atoms with Gasteiger partial charge in [-0.15, -0.1) is 10.2 Å². The third-order valence-electron chi connectivity index (χ3n) is 5.60. The highest BCUT2D eigenvalue weighted by Gasteiger charge is 2.30. The molecular weight excluding hydrogens is 438 g/mol. The van der Waals surface area contributed by atoms with Gasteiger partial charge in [0, 0.05) is 51.1 Å². The topological polar surface area (TPSA) is 63.1 Å². The number of carbonyl (C=O) groups is 1. The first-order valence-electron chi connectivity index (χ1n) is 10.6. The summed E-state index contributed by atoms with van der Waals surface area (Å²) in [6.45, 7) is 2.70. The lowest BCUT2D eigenvalue weighted by Crippen LogP contribution is -2.28. The van der Waals surface area contributed by atoms with Crippen molar-refractivity contribution in [2.75, 3.05) is 19.6 Å². The van der Waals surface area contributed by atoms with E-state index in [1.807, 2.05) is 4.57 Å². The highest BCUT2D eigenvalue weighted by Crippen LogP contribution is 2.29. The van der Waals surface area contributed by atoms with Crippen molar-refractivity contribution < 1.29 is 22.4 Å². The Morgan fingerprint density at radius 2 is 1.82 bits per heavy atom. The molecule has 0 radical (unpaired) electrons. The molecule has 4 rings (SSSR count). The summed E-state index contributed by atoms with van der Waals surface area (Å²) in [5, 5.41) is 11.3. The van der Waals surface area contributed by atoms with E-state index in [2.05, 4.69) is 20.4 Å². The third kappa shape index (κ3) is 5.75. The predicted octanol–water partition coefficient (Wildman–Crippen LogP) is 3.47. The molecule has 2 heterocycles. The van der Waals surface area contributed by atoms with Crippen LogP contribution in [-0.2, 0) is 32.1 Å². The number of carbonyl (C=O) groups excluding carboxylic acids is 1. The molecule has 0 fully saturated rings. The Morgan fingerprint density at radius 1 is 1.03 bits per heavy atom. The molecule has 3 aromatic rings. The monoisotopic (exact) mass is 461 g/mol. The van der Waals surface area contributed by atoms with Gasteiger partial charge in [-0.25, -0.2) is 4.39 Å². The van der Waals surface area contributed by atoms with Gasteiger partial charge in [-0.05, 0) is 35.9 Å². The molecule has 10 heteroatoms. The van der Waals surface area contributed by atoms with E-state index < -0.39 is 17.6 Å². The van der Waals surface area contributed by atoms with E-state index in [4.69, 9.17) is 0 Å². The molecule has 0 saturated carbocycles. The Morgan fingerprint density at radius 3 is 2.58 bits per heavy atom. The third-order valence-corrected chi connectivity index (χ3v) is 5.60. The number of fused-ring (bicyclic) bond motifs is 1. The molecule has 2 aromatic carbocycles. The van der Waals surface area contributed by atoms with Gasteiger partial charge in [-0.1, -0.05) is 18.2 Å². The molecule has 0 saturated heterocycles. The van der Waals surface area contributed by atoms with Gasteiger partial charge in [0.25, 0.3) is 5.91 Å². The van der Waals surface area contributed by atoms with Crippen molar-refractivity contribution in [3.63, 3.8) is 0 Å². The van der Waals surface area contributed by atoms with Gasteiger partial charge >= 0.3 is 6.18 Å². The van der Waals surface area contributed by atoms with Gasteiger partial charge < -0.3 is 9.88 Å². The molecule has 0 bridgehead atoms. The zero-order chi connectivity index (χ0) is 23.4. The van der Waals surface area contributed by atoms with E-state index in [1.165, 1.54) is 36.4 Å². The first-order valence-corrected chi connectivity index (χ1v) is 10.6. The molecule has 174 valence electrons. The molecule has 1 aromatic heterocycles. The highest BCUT2D eigenvalue weighted by atomic mass is 19.4. The molecule has 33 heavy (non-hydrogen) atoms. The smallest absolute Gasteiger partial charge is 0.352 e. The molecule has 0 unspecified atom stereocenters. The number of benzene rings is 2. The summed E-state index contributed by atoms with van der Waals surface area (Å²) in [4.78, 5) is 14.3. The van der Waals surface area contributed by atoms with Crippen LogP contribution in [0.5, 0.6) is 0 Å². The fraction of sp³-hybridized carbons (Fsp3) is 0.348. The summed E-state index contributed by atoms with van der Waals surface area (Å²) < 4.78 is 54.0. The maximum absolute atomic E-state index is 13.0. The van der Waals surface area contributed by atoms with Crippen molar-refractivity contribution in [1.29, 1.82) is 0 Å². The lowest BCUT2D eigenvalue weighted by Gasteiger charge is -2.20. The average Bonchev–Trinajstić information content (AvgIpc) is 3.06. The van der Waals surface area contributed by atoms with Crippen molar-refractivity contribution in [2.24, 2.45) is 0 Å². The van der Waals surface area contributed by atoms with Crippen LogP contribution < -0.4 is 5.32 Å². The van der Waals surface area contributed by atoms with E-state index in [-0.39, 0.29) is 5.91 Å². The summed E-state index contributed by atoms with van der Waals surface area (Å²) in [7, 11) is 0. The van der Waals surface area contributed by atoms with E-state index >= 15 is 0 Å². The first-order chi connectivity index (χ1) is 15.8. The Balaban J connectivity index is 1.32. The van der Waals surface area contributed by atoms with Gasteiger partial charge in [-0.3, -0.25) is 9.69 Å². The summed E-state index contributed by atoms with van der Waals surface area (Å²) in [5.41, 5.74) is 0.352. The SMILES string of the molecule is O=C(NCCc1nnc2n1CCN(Cc1cccc(C(F)(F)F)c1)CC2)c1ccc(F)cc1. The second kappa shape index (κ2) is 9.70. The van der Waals surface area contributed by atoms with Crippen molar-refractivity contribution in [2.45, 2.75) is 32.1 Å². The van der Waals surface area contributed by atoms with Gasteiger partial charge in [0.1, 0.15) is 17.5 Å². The first kappa shape index (κ1) is 22.9. The van der Waals surface area contributed by atoms with Crippen molar-refractivity contribution in [3.05, 3.63) is 82.7 Å². The van der Waals surface area contributed by atoms with Gasteiger partial charge in [-0.2, -0.15) is 13.2 Å². The van der Waals surface area contributed by atoms with Gasteiger partial charge in [0.05, 0.1) is 5.56 Å². The van der Waals surface area contributed by atoms with Crippen molar-refractivity contribution in [3.8, 4) is 0 Å². The molecule has 0 aliphatic carbocycles. The lowest BCUT2D eigenvalue weighted by atomic mass is 10.1. The minimum absolute atomic E-state index is 0.294. The number of rotatable bonds is 6. The van der Waals surface area contributed by atoms with Crippen LogP contribution in [0.3, 0.4) is 0 Å². The minimum Gasteiger partial charge on any atom is -0.352 e. The molecule has 1 aliphatic rings. The second-order valence-corrected chi connectivity index (χ2v) is 7.92. The van der Waals surface area contributed by atoms with Crippen molar-refractivity contribution >= 4 is 5.91 Å². The van der Waals surface area contributed by atoms with Crippen LogP contribution in [0.2, 0.25) is 0 Å². The second-order valence-electron chi connectivity index (χ2n) is 7.92. The number of amides is 1. The zero-order valence-corrected chi connectivity index (χ0v) is 17.8. The maximum atomic E-state index is 13.0. The Bertz CT molecular complexity index is 1110. The highest BCUT2D eigenvalue weighted by molar-refractivity contribution is 5.94. The molecule has 0 spiro atoms. The zero-order valence-electron chi connectivity index (χ0n) is 17.8. The van der Waals surface area contributed by atoms with Gasteiger partial charge in [0.2, 0.25) is 0 Å². The molecule has 0 atom stereocenters. The van der Waals surface area contributed by atoms with E-state index in [1.54, 1.807) is 6.07 Å². The predicted molar refractivity (Wildman–Crippen MR) is 113 cm³/mol. The van der Waals surface area contributed by atoms with Crippen molar-refractivity contribution in [1.82, 2.24) is 25.0 Å². The quantitative estimate of drug-likeness (QED) is 0.571. The molecule has 6 nitrogen and oxygen atoms in total. The summed E-state index contributed by atoms with van der Waals surface area (Å²) >= 11 is 0. The summed E-state index contributed by atoms with van der Waals surface area (Å²) in [5.74, 6) is 0.865. The number of halogens is 4. The van der Waals surface area contributed by atoms with Gasteiger partial charge in [0.15, 0.2) is 0 Å². The van der Waals surface area contributed by atoms with Crippen LogP contribution in [0, 0.1) is 5.82 Å². The lowest BCUT2D eigenvalue weighted by molar-refractivity contribution is -0.137. The Hall–Kier alpha value is -3.27. The average molecular weight is 461 g/mol. The van der Waals surface area contributed by atoms with Crippen LogP contribution in [0.15, 0.2) is 48.5 Å². The number of hydrogen-bond donors (Lipinski definition) is 1. The molecule has 1 N–H and O–H groups in total. The molecule has 1 amide bonds. The molecular formula is C23H23F4N5O. The van der Waals surface area contributed by atoms with E-state index in [9.17, 15) is 22.4 Å². The summed E-state index contributed by atoms with van der Waals surface area (Å²) in [6, 6.07) is 10.7. The van der Waals surface area contributed by atoms with E-state index in [0.29, 0.717) is 56.7 Å². The number of alkyl halides is 3. The van der Waals surface area contributed by atoms with Crippen LogP contribution in [0.25, 0.3) is 0 Å². The maximum Gasteiger partial charge on any atom is 0.416 e. The fourth-order valence-electron chi connectivity index (χ4n) is 3.87. The Kier molecular flexibility index (Phi) is 6.73. The van der Waals surface area contributed by atoms with Crippen LogP contribution in [0.4, 0.5) is 17.6 Å². The number of hydrogen-bond acceptors (Lipinski definition) is 4. The minimum atomic E-state index is -4.36. The number of nitrogens with one attached hydrogen (secondary N) is 1. The largest absolute Gasteiger partial charge is 0.416 e. The van der Waals surface area contributed by atoms with E-state index in [0.717, 1.165) is 17.7 Å². The normalized spacial score (nSPS) is 14.5. The Labute approximate surface area is 188 Å². The number of aromatic nitrogens is 3.